The molecule has 5 heterocycles. The SMILES string of the molecule is [Al+3].c1ccc2c(c1)-c1nc3nc(nc4[n-]c(nc5[n-]c(nc-2n1)c1ccccc51)c1ccccc41)-c1ccccc1-3. The van der Waals surface area contributed by atoms with Crippen molar-refractivity contribution >= 4 is 61.5 Å². The van der Waals surface area contributed by atoms with Gasteiger partial charge in [-0.2, -0.15) is 0 Å². The molecule has 3 aromatic heterocycles. The van der Waals surface area contributed by atoms with Crippen LogP contribution in [-0.2, 0) is 0 Å². The van der Waals surface area contributed by atoms with Gasteiger partial charge in [-0.3, -0.25) is 0 Å². The number of fused-ring (bicyclic) bond motifs is 20. The van der Waals surface area contributed by atoms with Crippen LogP contribution in [0.1, 0.15) is 0 Å². The average molecular weight is 540 g/mol. The first-order valence-electron chi connectivity index (χ1n) is 12.9. The first kappa shape index (κ1) is 23.6. The van der Waals surface area contributed by atoms with E-state index < -0.39 is 0 Å². The minimum absolute atomic E-state index is 0. The van der Waals surface area contributed by atoms with Crippen molar-refractivity contribution in [1.82, 2.24) is 39.9 Å². The number of benzene rings is 4. The van der Waals surface area contributed by atoms with Gasteiger partial charge in [0.2, 0.25) is 0 Å². The Balaban J connectivity index is 0.00000256. The molecule has 9 heteroatoms. The first-order valence-corrected chi connectivity index (χ1v) is 12.9. The molecule has 0 fully saturated rings. The topological polar surface area (TPSA) is 106 Å². The fraction of sp³-hybridized carbons (Fsp3) is 0. The van der Waals surface area contributed by atoms with Crippen molar-refractivity contribution < 1.29 is 0 Å². The van der Waals surface area contributed by atoms with Gasteiger partial charge in [0.1, 0.15) is 0 Å². The normalized spacial score (nSPS) is 11.7. The fourth-order valence-corrected chi connectivity index (χ4v) is 5.46. The second-order valence-electron chi connectivity index (χ2n) is 9.67. The molecule has 4 aromatic carbocycles. The summed E-state index contributed by atoms with van der Waals surface area (Å²) in [5, 5.41) is 3.57. The zero-order chi connectivity index (χ0) is 26.2. The van der Waals surface area contributed by atoms with Crippen LogP contribution < -0.4 is 9.97 Å². The minimum Gasteiger partial charge on any atom is -0.357 e. The number of rotatable bonds is 0. The van der Waals surface area contributed by atoms with Crippen LogP contribution in [0.5, 0.6) is 0 Å². The molecule has 2 aliphatic rings. The summed E-state index contributed by atoms with van der Waals surface area (Å²) in [5.74, 6) is 2.21. The first-order chi connectivity index (χ1) is 19.8. The Morgan fingerprint density at radius 3 is 0.927 bits per heavy atom. The molecular formula is C32H16AlN8+. The van der Waals surface area contributed by atoms with Crippen LogP contribution in [0.15, 0.2) is 97.1 Å². The Kier molecular flexibility index (Phi) is 5.13. The Hall–Kier alpha value is -5.23. The monoisotopic (exact) mass is 539 g/mol. The maximum Gasteiger partial charge on any atom is 3.00 e. The molecule has 41 heavy (non-hydrogen) atoms. The van der Waals surface area contributed by atoms with Gasteiger partial charge < -0.3 is 24.9 Å². The predicted molar refractivity (Wildman–Crippen MR) is 160 cm³/mol. The maximum absolute atomic E-state index is 4.95. The van der Waals surface area contributed by atoms with Gasteiger partial charge in [0.05, 0.1) is 11.6 Å². The Morgan fingerprint density at radius 2 is 0.585 bits per heavy atom. The van der Waals surface area contributed by atoms with E-state index in [1.807, 2.05) is 97.1 Å². The van der Waals surface area contributed by atoms with Crippen LogP contribution in [-0.4, -0.2) is 47.3 Å². The third-order valence-corrected chi connectivity index (χ3v) is 7.33. The average Bonchev–Trinajstić information content (AvgIpc) is 3.73. The van der Waals surface area contributed by atoms with E-state index in [1.54, 1.807) is 0 Å². The second kappa shape index (κ2) is 8.90. The Labute approximate surface area is 243 Å². The summed E-state index contributed by atoms with van der Waals surface area (Å²) in [5.41, 5.74) is 5.78. The van der Waals surface area contributed by atoms with Gasteiger partial charge in [0.25, 0.3) is 0 Å². The minimum atomic E-state index is 0. The second-order valence-corrected chi connectivity index (χ2v) is 9.67. The van der Waals surface area contributed by atoms with Crippen molar-refractivity contribution in [2.75, 3.05) is 0 Å². The van der Waals surface area contributed by atoms with E-state index >= 15 is 0 Å². The van der Waals surface area contributed by atoms with E-state index in [9.17, 15) is 0 Å². The molecule has 8 nitrogen and oxygen atoms in total. The third kappa shape index (κ3) is 3.54. The summed E-state index contributed by atoms with van der Waals surface area (Å²) in [6, 6.07) is 31.8. The van der Waals surface area contributed by atoms with Crippen LogP contribution in [0.2, 0.25) is 0 Å². The van der Waals surface area contributed by atoms with Gasteiger partial charge in [-0.05, 0) is 21.5 Å². The van der Waals surface area contributed by atoms with Crippen LogP contribution in [0.25, 0.3) is 89.7 Å². The molecule has 0 N–H and O–H groups in total. The van der Waals surface area contributed by atoms with Crippen molar-refractivity contribution in [3.8, 4) is 45.6 Å². The summed E-state index contributed by atoms with van der Waals surface area (Å²) in [7, 11) is 0. The van der Waals surface area contributed by atoms with Crippen LogP contribution in [0.3, 0.4) is 0 Å². The van der Waals surface area contributed by atoms with Crippen LogP contribution in [0, 0.1) is 0 Å². The summed E-state index contributed by atoms with van der Waals surface area (Å²) in [4.78, 5) is 39.3. The van der Waals surface area contributed by atoms with E-state index in [4.69, 9.17) is 39.9 Å². The van der Waals surface area contributed by atoms with E-state index in [-0.39, 0.29) is 17.4 Å². The molecule has 0 atom stereocenters. The van der Waals surface area contributed by atoms with Gasteiger partial charge >= 0.3 is 17.4 Å². The number of hydrogen-bond donors (Lipinski definition) is 0. The summed E-state index contributed by atoms with van der Waals surface area (Å²) >= 11 is 0. The maximum atomic E-state index is 4.95. The third-order valence-electron chi connectivity index (χ3n) is 7.33. The van der Waals surface area contributed by atoms with E-state index in [0.29, 0.717) is 45.9 Å². The van der Waals surface area contributed by atoms with Gasteiger partial charge in [0.15, 0.2) is 11.6 Å². The molecular weight excluding hydrogens is 523 g/mol. The predicted octanol–water partition coefficient (Wildman–Crippen LogP) is 5.75. The largest absolute Gasteiger partial charge is 3.00 e. The van der Waals surface area contributed by atoms with Crippen LogP contribution in [0.4, 0.5) is 0 Å². The van der Waals surface area contributed by atoms with Gasteiger partial charge in [-0.1, -0.05) is 97.1 Å². The summed E-state index contributed by atoms with van der Waals surface area (Å²) in [6.45, 7) is 0. The molecule has 0 saturated carbocycles. The van der Waals surface area contributed by atoms with Crippen molar-refractivity contribution in [3.63, 3.8) is 0 Å². The molecule has 186 valence electrons. The standard InChI is InChI=1S/C32H16N8.Al/c1-2-10-18-17(9-1)25-33-26(18)38-28-21-13-5-6-14-22(21)30(35-28)40-32-24-16-8-7-15-23(24)31(36-32)39-29-20-12-4-3-11-19(20)27(34-29)37-25;/h1-16H;/q-2;+3. The number of nitrogens with zero attached hydrogens (tertiary/aromatic N) is 8. The summed E-state index contributed by atoms with van der Waals surface area (Å²) < 4.78 is 0. The van der Waals surface area contributed by atoms with E-state index in [1.165, 1.54) is 0 Å². The van der Waals surface area contributed by atoms with Crippen molar-refractivity contribution in [2.24, 2.45) is 0 Å². The molecule has 7 aromatic rings. The molecule has 0 aliphatic carbocycles. The molecule has 2 aliphatic heterocycles. The smallest absolute Gasteiger partial charge is 0.357 e. The van der Waals surface area contributed by atoms with E-state index in [2.05, 4.69) is 0 Å². The van der Waals surface area contributed by atoms with Gasteiger partial charge in [-0.15, -0.1) is 0 Å². The van der Waals surface area contributed by atoms with Gasteiger partial charge in [-0.25, -0.2) is 15.0 Å². The van der Waals surface area contributed by atoms with Crippen LogP contribution >= 0.6 is 0 Å². The molecule has 0 spiro atoms. The molecule has 8 bridgehead atoms. The van der Waals surface area contributed by atoms with Crippen molar-refractivity contribution in [3.05, 3.63) is 97.1 Å². The number of hydrogen-bond acceptors (Lipinski definition) is 6. The zero-order valence-electron chi connectivity index (χ0n) is 21.4. The molecule has 0 saturated heterocycles. The quantitative estimate of drug-likeness (QED) is 0.225. The Morgan fingerprint density at radius 1 is 0.317 bits per heavy atom. The summed E-state index contributed by atoms with van der Waals surface area (Å²) in [6.07, 6.45) is 0. The fourth-order valence-electron chi connectivity index (χ4n) is 5.46. The van der Waals surface area contributed by atoms with Crippen molar-refractivity contribution in [1.29, 1.82) is 0 Å². The molecule has 9 rings (SSSR count). The Bertz CT molecular complexity index is 2190. The molecule has 0 amide bonds. The van der Waals surface area contributed by atoms with Gasteiger partial charge in [0, 0.05) is 44.8 Å². The molecule has 0 radical (unpaired) electrons. The van der Waals surface area contributed by atoms with E-state index in [0.717, 1.165) is 43.8 Å². The zero-order valence-corrected chi connectivity index (χ0v) is 22.5. The number of aromatic nitrogens is 8. The van der Waals surface area contributed by atoms with Crippen molar-refractivity contribution in [2.45, 2.75) is 0 Å². The molecule has 0 unspecified atom stereocenters.